The van der Waals surface area contributed by atoms with Crippen LogP contribution in [0.1, 0.15) is 42.4 Å². The Bertz CT molecular complexity index is 1400. The van der Waals surface area contributed by atoms with E-state index in [-0.39, 0.29) is 0 Å². The summed E-state index contributed by atoms with van der Waals surface area (Å²) in [5.74, 6) is -0.247. The highest BCUT2D eigenvalue weighted by atomic mass is 16.8. The van der Waals surface area contributed by atoms with E-state index in [4.69, 9.17) is 37.6 Å². The van der Waals surface area contributed by atoms with Gasteiger partial charge in [0.2, 0.25) is 0 Å². The van der Waals surface area contributed by atoms with Crippen molar-refractivity contribution in [1.29, 1.82) is 0 Å². The van der Waals surface area contributed by atoms with Crippen LogP contribution in [0.4, 0.5) is 0 Å². The van der Waals surface area contributed by atoms with Gasteiger partial charge in [-0.3, -0.25) is 0 Å². The van der Waals surface area contributed by atoms with E-state index in [0.29, 0.717) is 25.6 Å². The van der Waals surface area contributed by atoms with Crippen molar-refractivity contribution in [3.05, 3.63) is 132 Å². The Hall–Kier alpha value is -3.34. The lowest BCUT2D eigenvalue weighted by atomic mass is 9.91. The molecule has 3 aromatic carbocycles. The average molecular weight is 601 g/mol. The van der Waals surface area contributed by atoms with Gasteiger partial charge < -0.3 is 37.6 Å². The minimum Gasteiger partial charge on any atom is -0.466 e. The molecule has 2 saturated heterocycles. The van der Waals surface area contributed by atoms with Crippen LogP contribution in [0.25, 0.3) is 0 Å². The van der Waals surface area contributed by atoms with Crippen LogP contribution in [0.15, 0.2) is 114 Å². The second-order valence-corrected chi connectivity index (χ2v) is 11.5. The average Bonchev–Trinajstić information content (AvgIpc) is 3.70. The molecule has 2 aliphatic heterocycles. The van der Waals surface area contributed by atoms with Crippen molar-refractivity contribution in [3.8, 4) is 0 Å². The number of ether oxygens (including phenoxy) is 7. The fourth-order valence-corrected chi connectivity index (χ4v) is 5.85. The van der Waals surface area contributed by atoms with Gasteiger partial charge in [0, 0.05) is 7.11 Å². The van der Waals surface area contributed by atoms with Crippen LogP contribution < -0.4 is 0 Å². The van der Waals surface area contributed by atoms with Gasteiger partial charge in [0.05, 0.1) is 26.1 Å². The van der Waals surface area contributed by atoms with E-state index in [1.807, 2.05) is 117 Å². The quantitative estimate of drug-likeness (QED) is 0.180. The lowest BCUT2D eigenvalue weighted by molar-refractivity contribution is -0.332. The van der Waals surface area contributed by atoms with Crippen molar-refractivity contribution < 1.29 is 37.6 Å². The molecular formula is C36H40O8. The first-order valence-corrected chi connectivity index (χ1v) is 15.0. The highest BCUT2D eigenvalue weighted by molar-refractivity contribution is 5.17. The smallest absolute Gasteiger partial charge is 0.186 e. The summed E-state index contributed by atoms with van der Waals surface area (Å²) in [6.07, 6.45) is -2.75. The zero-order valence-corrected chi connectivity index (χ0v) is 25.3. The zero-order chi connectivity index (χ0) is 30.4. The Morgan fingerprint density at radius 2 is 1.11 bits per heavy atom. The highest BCUT2D eigenvalue weighted by Gasteiger charge is 2.57. The summed E-state index contributed by atoms with van der Waals surface area (Å²) in [6, 6.07) is 33.8. The van der Waals surface area contributed by atoms with E-state index >= 15 is 0 Å². The lowest BCUT2D eigenvalue weighted by Crippen LogP contribution is -2.63. The number of benzene rings is 3. The molecule has 0 saturated carbocycles. The summed E-state index contributed by atoms with van der Waals surface area (Å²) in [7, 11) is 1.61. The summed E-state index contributed by atoms with van der Waals surface area (Å²) in [4.78, 5) is 0. The van der Waals surface area contributed by atoms with Gasteiger partial charge in [0.15, 0.2) is 12.1 Å². The number of hydrogen-bond donors (Lipinski definition) is 0. The molecule has 232 valence electrons. The van der Waals surface area contributed by atoms with Crippen molar-refractivity contribution in [2.45, 2.75) is 82.4 Å². The monoisotopic (exact) mass is 600 g/mol. The molecule has 0 aliphatic carbocycles. The molecule has 3 heterocycles. The summed E-state index contributed by atoms with van der Waals surface area (Å²) in [5, 5.41) is 0. The standard InChI is InChI=1S/C36H40O8/c1-36(2)43-29(28-20-13-21-38-28)33(44-36)32-30(39-22-25-14-7-4-8-15-25)31(40-23-26-16-9-5-10-17-26)34(35(37-3)42-32)41-24-27-18-11-6-12-19-27/h4-21,29-35H,22-24H2,1-3H3/t29-,30-,31-,32-,33+,34+,35-/m0/s1. The first-order chi connectivity index (χ1) is 21.5. The Balaban J connectivity index is 1.36. The number of furan rings is 1. The fraction of sp³-hybridized carbons (Fsp3) is 0.389. The molecule has 0 unspecified atom stereocenters. The Morgan fingerprint density at radius 1 is 0.591 bits per heavy atom. The predicted molar refractivity (Wildman–Crippen MR) is 162 cm³/mol. The van der Waals surface area contributed by atoms with Crippen molar-refractivity contribution >= 4 is 0 Å². The highest BCUT2D eigenvalue weighted by Crippen LogP contribution is 2.44. The first kappa shape index (κ1) is 30.7. The molecule has 4 aromatic rings. The van der Waals surface area contributed by atoms with E-state index < -0.39 is 48.7 Å². The molecule has 0 radical (unpaired) electrons. The van der Waals surface area contributed by atoms with Crippen molar-refractivity contribution in [2.75, 3.05) is 7.11 Å². The molecule has 0 amide bonds. The van der Waals surface area contributed by atoms with Crippen LogP contribution in [0, 0.1) is 0 Å². The molecule has 0 bridgehead atoms. The molecule has 0 N–H and O–H groups in total. The van der Waals surface area contributed by atoms with Crippen LogP contribution >= 0.6 is 0 Å². The maximum Gasteiger partial charge on any atom is 0.186 e. The summed E-state index contributed by atoms with van der Waals surface area (Å²) in [6.45, 7) is 4.80. The van der Waals surface area contributed by atoms with Gasteiger partial charge in [0.1, 0.15) is 42.4 Å². The number of rotatable bonds is 12. The maximum absolute atomic E-state index is 6.75. The van der Waals surface area contributed by atoms with Crippen LogP contribution in [-0.2, 0) is 53.0 Å². The normalized spacial score (nSPS) is 28.2. The third-order valence-electron chi connectivity index (χ3n) is 7.90. The van der Waals surface area contributed by atoms with E-state index in [1.54, 1.807) is 13.4 Å². The fourth-order valence-electron chi connectivity index (χ4n) is 5.85. The van der Waals surface area contributed by atoms with Crippen molar-refractivity contribution in [2.24, 2.45) is 0 Å². The number of hydrogen-bond acceptors (Lipinski definition) is 8. The number of methoxy groups -OCH3 is 1. The molecule has 1 aromatic heterocycles. The topological polar surface area (TPSA) is 77.8 Å². The second kappa shape index (κ2) is 14.2. The van der Waals surface area contributed by atoms with E-state index in [2.05, 4.69) is 0 Å². The summed E-state index contributed by atoms with van der Waals surface area (Å²) >= 11 is 0. The van der Waals surface area contributed by atoms with E-state index in [1.165, 1.54) is 0 Å². The maximum atomic E-state index is 6.75. The summed E-state index contributed by atoms with van der Waals surface area (Å²) < 4.78 is 51.4. The third kappa shape index (κ3) is 7.30. The van der Waals surface area contributed by atoms with Crippen molar-refractivity contribution in [1.82, 2.24) is 0 Å². The molecule has 0 spiro atoms. The van der Waals surface area contributed by atoms with Gasteiger partial charge in [0.25, 0.3) is 0 Å². The van der Waals surface area contributed by atoms with Gasteiger partial charge in [-0.2, -0.15) is 0 Å². The molecule has 44 heavy (non-hydrogen) atoms. The van der Waals surface area contributed by atoms with Crippen LogP contribution in [0.2, 0.25) is 0 Å². The molecule has 6 rings (SSSR count). The minimum absolute atomic E-state index is 0.335. The third-order valence-corrected chi connectivity index (χ3v) is 7.90. The Kier molecular flexibility index (Phi) is 9.88. The summed E-state index contributed by atoms with van der Waals surface area (Å²) in [5.41, 5.74) is 3.08. The predicted octanol–water partition coefficient (Wildman–Crippen LogP) is 6.60. The van der Waals surface area contributed by atoms with Crippen LogP contribution in [0.5, 0.6) is 0 Å². The van der Waals surface area contributed by atoms with Gasteiger partial charge in [-0.1, -0.05) is 91.0 Å². The van der Waals surface area contributed by atoms with Crippen LogP contribution in [0.3, 0.4) is 0 Å². The van der Waals surface area contributed by atoms with Gasteiger partial charge in [-0.05, 0) is 42.7 Å². The molecule has 7 atom stereocenters. The SMILES string of the molecule is CO[C@H]1O[C@H]([C@@H]2OC(C)(C)O[C@H]2c2ccco2)[C@@H](OCc2ccccc2)[C@H](OCc2ccccc2)[C@H]1OCc1ccccc1. The van der Waals surface area contributed by atoms with E-state index in [9.17, 15) is 0 Å². The van der Waals surface area contributed by atoms with E-state index in [0.717, 1.165) is 16.7 Å². The molecule has 2 fully saturated rings. The van der Waals surface area contributed by atoms with Gasteiger partial charge >= 0.3 is 0 Å². The minimum atomic E-state index is -0.890. The molecule has 8 nitrogen and oxygen atoms in total. The van der Waals surface area contributed by atoms with Crippen molar-refractivity contribution in [3.63, 3.8) is 0 Å². The first-order valence-electron chi connectivity index (χ1n) is 15.0. The Labute approximate surface area is 258 Å². The lowest BCUT2D eigenvalue weighted by Gasteiger charge is -2.47. The van der Waals surface area contributed by atoms with Gasteiger partial charge in [-0.15, -0.1) is 0 Å². The van der Waals surface area contributed by atoms with Gasteiger partial charge in [-0.25, -0.2) is 0 Å². The Morgan fingerprint density at radius 3 is 1.61 bits per heavy atom. The largest absolute Gasteiger partial charge is 0.466 e. The van der Waals surface area contributed by atoms with Crippen LogP contribution in [-0.4, -0.2) is 49.7 Å². The molecular weight excluding hydrogens is 560 g/mol. The molecule has 8 heteroatoms. The molecule has 2 aliphatic rings. The second-order valence-electron chi connectivity index (χ2n) is 11.5. The zero-order valence-electron chi connectivity index (χ0n) is 25.3.